The first-order chi connectivity index (χ1) is 13.6. The molecule has 0 fully saturated rings. The van der Waals surface area contributed by atoms with Crippen molar-refractivity contribution in [2.75, 3.05) is 12.0 Å². The molecule has 2 unspecified atom stereocenters. The van der Waals surface area contributed by atoms with Gasteiger partial charge in [0, 0.05) is 17.7 Å². The Hall–Kier alpha value is -2.66. The number of carbonyl (C=O) groups is 1. The lowest BCUT2D eigenvalue weighted by molar-refractivity contribution is -0.145. The second-order valence-electron chi connectivity index (χ2n) is 6.82. The van der Waals surface area contributed by atoms with Crippen molar-refractivity contribution in [1.82, 2.24) is 0 Å². The molecule has 0 aliphatic carbocycles. The average molecular weight is 394 g/mol. The van der Waals surface area contributed by atoms with Crippen LogP contribution in [0, 0.1) is 0 Å². The number of nitrogens with zero attached hydrogens (tertiary/aromatic N) is 1. The number of para-hydroxylation sites is 1. The summed E-state index contributed by atoms with van der Waals surface area (Å²) in [7, 11) is 1.45. The van der Waals surface area contributed by atoms with Crippen molar-refractivity contribution in [1.29, 1.82) is 0 Å². The highest BCUT2D eigenvalue weighted by Gasteiger charge is 2.52. The molecule has 0 saturated heterocycles. The van der Waals surface area contributed by atoms with E-state index in [4.69, 9.17) is 16.3 Å². The lowest BCUT2D eigenvalue weighted by Crippen LogP contribution is -2.57. The number of benzene rings is 3. The Labute approximate surface area is 168 Å². The number of anilines is 1. The maximum atomic E-state index is 13.4. The summed E-state index contributed by atoms with van der Waals surface area (Å²) in [6, 6.07) is 24.0. The number of fused-ring (bicyclic) bond motifs is 1. The smallest absolute Gasteiger partial charge is 0.260 e. The molecule has 1 amide bonds. The lowest BCUT2D eigenvalue weighted by atomic mass is 9.77. The Morgan fingerprint density at radius 3 is 2.46 bits per heavy atom. The van der Waals surface area contributed by atoms with Gasteiger partial charge in [-0.05, 0) is 29.3 Å². The Kier molecular flexibility index (Phi) is 4.94. The first-order valence-electron chi connectivity index (χ1n) is 9.01. The molecular formula is C23H20ClNO3. The second kappa shape index (κ2) is 7.40. The van der Waals surface area contributed by atoms with Crippen molar-refractivity contribution in [3.8, 4) is 0 Å². The van der Waals surface area contributed by atoms with Crippen molar-refractivity contribution < 1.29 is 14.6 Å². The third kappa shape index (κ3) is 3.00. The highest BCUT2D eigenvalue weighted by molar-refractivity contribution is 6.30. The number of rotatable bonds is 4. The molecule has 2 atom stereocenters. The fourth-order valence-electron chi connectivity index (χ4n) is 3.86. The number of aliphatic hydroxyl groups is 1. The van der Waals surface area contributed by atoms with Crippen LogP contribution >= 0.6 is 11.6 Å². The van der Waals surface area contributed by atoms with Crippen LogP contribution in [0.1, 0.15) is 16.7 Å². The van der Waals surface area contributed by atoms with Crippen LogP contribution in [-0.4, -0.2) is 24.2 Å². The van der Waals surface area contributed by atoms with E-state index in [0.717, 1.165) is 5.56 Å². The van der Waals surface area contributed by atoms with Crippen LogP contribution in [0.15, 0.2) is 78.9 Å². The first-order valence-corrected chi connectivity index (χ1v) is 9.39. The third-order valence-corrected chi connectivity index (χ3v) is 5.39. The van der Waals surface area contributed by atoms with E-state index >= 15 is 0 Å². The highest BCUT2D eigenvalue weighted by Crippen LogP contribution is 2.44. The minimum atomic E-state index is -1.57. The monoisotopic (exact) mass is 393 g/mol. The minimum absolute atomic E-state index is 0.299. The molecule has 0 saturated carbocycles. The number of carbonyl (C=O) groups excluding carboxylic acids is 1. The largest absolute Gasteiger partial charge is 0.377 e. The second-order valence-corrected chi connectivity index (χ2v) is 7.26. The van der Waals surface area contributed by atoms with Gasteiger partial charge in [0.1, 0.15) is 0 Å². The van der Waals surface area contributed by atoms with Crippen molar-refractivity contribution in [2.24, 2.45) is 0 Å². The molecule has 142 valence electrons. The van der Waals surface area contributed by atoms with Gasteiger partial charge in [-0.15, -0.1) is 0 Å². The van der Waals surface area contributed by atoms with Crippen LogP contribution in [0.5, 0.6) is 0 Å². The highest BCUT2D eigenvalue weighted by atomic mass is 35.5. The van der Waals surface area contributed by atoms with Gasteiger partial charge in [0.25, 0.3) is 5.91 Å². The molecule has 0 spiro atoms. The van der Waals surface area contributed by atoms with Gasteiger partial charge in [-0.2, -0.15) is 0 Å². The van der Waals surface area contributed by atoms with E-state index in [1.807, 2.05) is 72.8 Å². The van der Waals surface area contributed by atoms with Crippen molar-refractivity contribution in [2.45, 2.75) is 18.2 Å². The molecule has 1 N–H and O–H groups in total. The average Bonchev–Trinajstić information content (AvgIpc) is 2.72. The van der Waals surface area contributed by atoms with Gasteiger partial charge < -0.3 is 14.7 Å². The fraction of sp³-hybridized carbons (Fsp3) is 0.174. The van der Waals surface area contributed by atoms with Crippen molar-refractivity contribution in [3.05, 3.63) is 101 Å². The number of ether oxygens (including phenoxy) is 1. The maximum Gasteiger partial charge on any atom is 0.260 e. The van der Waals surface area contributed by atoms with E-state index in [1.54, 1.807) is 11.0 Å². The van der Waals surface area contributed by atoms with E-state index in [1.165, 1.54) is 7.11 Å². The maximum absolute atomic E-state index is 13.4. The summed E-state index contributed by atoms with van der Waals surface area (Å²) in [5.41, 5.74) is 1.23. The number of methoxy groups -OCH3 is 1. The zero-order valence-electron chi connectivity index (χ0n) is 15.4. The summed E-state index contributed by atoms with van der Waals surface area (Å²) in [6.45, 7) is 0.334. The molecular weight excluding hydrogens is 374 g/mol. The standard InChI is InChI=1S/C23H20ClNO3/c1-28-21-22(26)25(15-16-8-7-11-18(24)14-16)20-13-6-5-12-19(20)23(21,27)17-9-3-2-4-10-17/h2-14,21,27H,15H2,1H3. The van der Waals surface area contributed by atoms with E-state index in [-0.39, 0.29) is 5.91 Å². The Balaban J connectivity index is 1.87. The van der Waals surface area contributed by atoms with Crippen LogP contribution in [0.2, 0.25) is 5.02 Å². The van der Waals surface area contributed by atoms with Crippen LogP contribution in [0.3, 0.4) is 0 Å². The molecule has 0 radical (unpaired) electrons. The van der Waals surface area contributed by atoms with Crippen molar-refractivity contribution >= 4 is 23.2 Å². The quantitative estimate of drug-likeness (QED) is 0.724. The van der Waals surface area contributed by atoms with Crippen LogP contribution in [-0.2, 0) is 21.7 Å². The van der Waals surface area contributed by atoms with Gasteiger partial charge in [0.05, 0.1) is 12.2 Å². The number of halogens is 1. The molecule has 5 heteroatoms. The fourth-order valence-corrected chi connectivity index (χ4v) is 4.08. The summed E-state index contributed by atoms with van der Waals surface area (Å²) in [4.78, 5) is 15.1. The van der Waals surface area contributed by atoms with Gasteiger partial charge in [-0.1, -0.05) is 72.3 Å². The van der Waals surface area contributed by atoms with Gasteiger partial charge in [-0.3, -0.25) is 4.79 Å². The molecule has 4 rings (SSSR count). The SMILES string of the molecule is COC1C(=O)N(Cc2cccc(Cl)c2)c2ccccc2C1(O)c1ccccc1. The first kappa shape index (κ1) is 18.7. The van der Waals surface area contributed by atoms with Gasteiger partial charge in [-0.25, -0.2) is 0 Å². The zero-order chi connectivity index (χ0) is 19.7. The molecule has 3 aromatic rings. The third-order valence-electron chi connectivity index (χ3n) is 5.15. The predicted octanol–water partition coefficient (Wildman–Crippen LogP) is 4.14. The van der Waals surface area contributed by atoms with Crippen LogP contribution in [0.25, 0.3) is 0 Å². The molecule has 0 aromatic heterocycles. The van der Waals surface area contributed by atoms with E-state index in [2.05, 4.69) is 0 Å². The molecule has 28 heavy (non-hydrogen) atoms. The predicted molar refractivity (Wildman–Crippen MR) is 109 cm³/mol. The summed E-state index contributed by atoms with van der Waals surface area (Å²) < 4.78 is 5.55. The molecule has 3 aromatic carbocycles. The van der Waals surface area contributed by atoms with Gasteiger partial charge >= 0.3 is 0 Å². The van der Waals surface area contributed by atoms with Crippen molar-refractivity contribution in [3.63, 3.8) is 0 Å². The van der Waals surface area contributed by atoms with Crippen LogP contribution in [0.4, 0.5) is 5.69 Å². The molecule has 0 bridgehead atoms. The van der Waals surface area contributed by atoms with E-state index in [9.17, 15) is 9.90 Å². The minimum Gasteiger partial charge on any atom is -0.377 e. The van der Waals surface area contributed by atoms with Gasteiger partial charge in [0.15, 0.2) is 11.7 Å². The topological polar surface area (TPSA) is 49.8 Å². The molecule has 1 aliphatic heterocycles. The molecule has 1 aliphatic rings. The van der Waals surface area contributed by atoms with E-state index in [0.29, 0.717) is 28.4 Å². The summed E-state index contributed by atoms with van der Waals surface area (Å²) in [6.07, 6.45) is -1.07. The zero-order valence-corrected chi connectivity index (χ0v) is 16.1. The summed E-state index contributed by atoms with van der Waals surface area (Å²) in [5.74, 6) is -0.299. The van der Waals surface area contributed by atoms with E-state index < -0.39 is 11.7 Å². The normalized spacial score (nSPS) is 21.5. The Morgan fingerprint density at radius 2 is 1.75 bits per heavy atom. The number of hydrogen-bond acceptors (Lipinski definition) is 3. The van der Waals surface area contributed by atoms with Gasteiger partial charge in [0.2, 0.25) is 0 Å². The Morgan fingerprint density at radius 1 is 1.04 bits per heavy atom. The number of amides is 1. The lowest BCUT2D eigenvalue weighted by Gasteiger charge is -2.44. The number of hydrogen-bond donors (Lipinski definition) is 1. The summed E-state index contributed by atoms with van der Waals surface area (Å²) in [5, 5.41) is 12.4. The summed E-state index contributed by atoms with van der Waals surface area (Å²) >= 11 is 6.11. The molecule has 4 nitrogen and oxygen atoms in total. The molecule has 1 heterocycles. The Bertz CT molecular complexity index is 1010. The van der Waals surface area contributed by atoms with Crippen LogP contribution < -0.4 is 4.90 Å².